The Labute approximate surface area is 232 Å². The van der Waals surface area contributed by atoms with Crippen LogP contribution in [0.4, 0.5) is 23.7 Å². The number of carbonyl (C=O) groups excluding carboxylic acids is 2. The Kier molecular flexibility index (Phi) is 9.09. The zero-order valence-electron chi connectivity index (χ0n) is 22.4. The van der Waals surface area contributed by atoms with Crippen molar-refractivity contribution >= 4 is 27.5 Å². The molecule has 12 heteroatoms. The first-order valence-electron chi connectivity index (χ1n) is 13.3. The van der Waals surface area contributed by atoms with Crippen molar-refractivity contribution in [1.82, 2.24) is 10.2 Å². The highest BCUT2D eigenvalue weighted by molar-refractivity contribution is 7.91. The summed E-state index contributed by atoms with van der Waals surface area (Å²) in [6.45, 7) is 4.34. The summed E-state index contributed by atoms with van der Waals surface area (Å²) in [6, 6.07) is 12.3. The summed E-state index contributed by atoms with van der Waals surface area (Å²) in [6.07, 6.45) is -4.59. The van der Waals surface area contributed by atoms with Crippen LogP contribution in [0, 0.1) is 5.92 Å². The Bertz CT molecular complexity index is 1300. The Morgan fingerprint density at radius 3 is 2.48 bits per heavy atom. The molecule has 2 aromatic rings. The van der Waals surface area contributed by atoms with Gasteiger partial charge in [0.25, 0.3) is 5.91 Å². The van der Waals surface area contributed by atoms with Gasteiger partial charge in [-0.25, -0.2) is 13.2 Å². The number of benzene rings is 2. The number of nitrogens with one attached hydrogen (secondary N) is 2. The second kappa shape index (κ2) is 12.2. The number of hydrogen-bond donors (Lipinski definition) is 2. The van der Waals surface area contributed by atoms with Crippen LogP contribution in [0.15, 0.2) is 59.5 Å². The molecule has 218 valence electrons. The Hall–Kier alpha value is -3.12. The van der Waals surface area contributed by atoms with Gasteiger partial charge in [0, 0.05) is 36.8 Å². The lowest BCUT2D eigenvalue weighted by Crippen LogP contribution is -2.52. The minimum absolute atomic E-state index is 0.107. The summed E-state index contributed by atoms with van der Waals surface area (Å²) in [4.78, 5) is 27.6. The van der Waals surface area contributed by atoms with Gasteiger partial charge in [0.15, 0.2) is 15.9 Å². The quantitative estimate of drug-likeness (QED) is 0.461. The lowest BCUT2D eigenvalue weighted by Gasteiger charge is -2.41. The Balaban J connectivity index is 1.44. The number of ether oxygens (including phenoxy) is 1. The highest BCUT2D eigenvalue weighted by atomic mass is 32.2. The molecule has 2 aromatic carbocycles. The first kappa shape index (κ1) is 29.9. The summed E-state index contributed by atoms with van der Waals surface area (Å²) in [7, 11) is -3.61. The van der Waals surface area contributed by atoms with Gasteiger partial charge in [0.1, 0.15) is 0 Å². The van der Waals surface area contributed by atoms with Crippen molar-refractivity contribution in [3.8, 4) is 0 Å². The topological polar surface area (TPSA) is 105 Å². The molecule has 0 radical (unpaired) electrons. The van der Waals surface area contributed by atoms with Crippen molar-refractivity contribution in [2.75, 3.05) is 17.6 Å². The van der Waals surface area contributed by atoms with Crippen LogP contribution in [0.5, 0.6) is 0 Å². The summed E-state index contributed by atoms with van der Waals surface area (Å²) in [5, 5.41) is 5.74. The third-order valence-corrected chi connectivity index (χ3v) is 9.18. The smallest absolute Gasteiger partial charge is 0.416 e. The van der Waals surface area contributed by atoms with Crippen LogP contribution in [-0.2, 0) is 25.5 Å². The van der Waals surface area contributed by atoms with Crippen molar-refractivity contribution < 1.29 is 35.9 Å². The average molecular weight is 582 g/mol. The minimum Gasteiger partial charge on any atom is -0.436 e. The molecule has 0 bridgehead atoms. The summed E-state index contributed by atoms with van der Waals surface area (Å²) in [5.41, 5.74) is -1.03. The van der Waals surface area contributed by atoms with E-state index in [1.54, 1.807) is 35.2 Å². The molecule has 2 unspecified atom stereocenters. The number of carbonyl (C=O) groups is 2. The third-order valence-electron chi connectivity index (χ3n) is 7.32. The number of likely N-dealkylation sites (tertiary alicyclic amines) is 1. The van der Waals surface area contributed by atoms with Gasteiger partial charge in [-0.3, -0.25) is 10.1 Å². The second-order valence-corrected chi connectivity index (χ2v) is 12.7. The largest absolute Gasteiger partial charge is 0.436 e. The van der Waals surface area contributed by atoms with E-state index in [4.69, 9.17) is 4.74 Å². The van der Waals surface area contributed by atoms with Crippen molar-refractivity contribution in [1.29, 1.82) is 0 Å². The molecule has 2 amide bonds. The monoisotopic (exact) mass is 581 g/mol. The van der Waals surface area contributed by atoms with Crippen LogP contribution in [0.1, 0.15) is 45.1 Å². The Morgan fingerprint density at radius 2 is 1.80 bits per heavy atom. The van der Waals surface area contributed by atoms with Gasteiger partial charge < -0.3 is 15.0 Å². The fraction of sp³-hybridized carbons (Fsp3) is 0.500. The van der Waals surface area contributed by atoms with Gasteiger partial charge in [0.05, 0.1) is 16.2 Å². The summed E-state index contributed by atoms with van der Waals surface area (Å²) in [5.74, 6) is -0.887. The minimum atomic E-state index is -4.57. The van der Waals surface area contributed by atoms with Gasteiger partial charge >= 0.3 is 12.3 Å². The van der Waals surface area contributed by atoms with Gasteiger partial charge in [-0.05, 0) is 55.5 Å². The third kappa shape index (κ3) is 7.34. The fourth-order valence-corrected chi connectivity index (χ4v) is 7.32. The van der Waals surface area contributed by atoms with E-state index >= 15 is 0 Å². The number of hydrogen-bond acceptors (Lipinski definition) is 6. The van der Waals surface area contributed by atoms with Crippen molar-refractivity contribution in [2.24, 2.45) is 5.92 Å². The maximum absolute atomic E-state index is 13.3. The van der Waals surface area contributed by atoms with Gasteiger partial charge in [0.2, 0.25) is 0 Å². The number of nitrogens with zero attached hydrogens (tertiary/aromatic N) is 1. The molecule has 1 heterocycles. The molecule has 0 aromatic heterocycles. The predicted molar refractivity (Wildman–Crippen MR) is 143 cm³/mol. The maximum atomic E-state index is 13.3. The van der Waals surface area contributed by atoms with E-state index in [0.29, 0.717) is 12.8 Å². The first-order valence-corrected chi connectivity index (χ1v) is 15.0. The molecule has 4 atom stereocenters. The number of halogens is 3. The molecular formula is C28H34F3N3O5S. The lowest BCUT2D eigenvalue weighted by atomic mass is 9.81. The highest BCUT2D eigenvalue weighted by Crippen LogP contribution is 2.35. The zero-order chi connectivity index (χ0) is 29.1. The fourth-order valence-electron chi connectivity index (χ4n) is 5.63. The van der Waals surface area contributed by atoms with E-state index in [-0.39, 0.29) is 53.3 Å². The SMILES string of the molecule is CC(C)NC1CC[C@H](N2CCC(OC(=O)Nc3cccc(C(F)(F)F)c3)C2=O)[C@H](CS(=O)(=O)c2ccccc2)C1. The molecule has 1 saturated heterocycles. The molecule has 8 nitrogen and oxygen atoms in total. The van der Waals surface area contributed by atoms with E-state index in [0.717, 1.165) is 24.6 Å². The van der Waals surface area contributed by atoms with E-state index < -0.39 is 39.7 Å². The number of amides is 2. The van der Waals surface area contributed by atoms with Crippen LogP contribution in [0.2, 0.25) is 0 Å². The lowest BCUT2D eigenvalue weighted by molar-refractivity contribution is -0.138. The molecule has 4 rings (SSSR count). The predicted octanol–water partition coefficient (Wildman–Crippen LogP) is 4.86. The van der Waals surface area contributed by atoms with Crippen molar-refractivity contribution in [3.05, 3.63) is 60.2 Å². The van der Waals surface area contributed by atoms with Gasteiger partial charge in [-0.1, -0.05) is 38.1 Å². The number of anilines is 1. The van der Waals surface area contributed by atoms with Crippen LogP contribution in [-0.4, -0.2) is 61.8 Å². The normalized spacial score (nSPS) is 23.9. The maximum Gasteiger partial charge on any atom is 0.416 e. The molecule has 2 aliphatic rings. The molecule has 1 saturated carbocycles. The van der Waals surface area contributed by atoms with Crippen LogP contribution >= 0.6 is 0 Å². The van der Waals surface area contributed by atoms with E-state index in [9.17, 15) is 31.2 Å². The van der Waals surface area contributed by atoms with E-state index in [2.05, 4.69) is 10.6 Å². The molecule has 1 aliphatic heterocycles. The van der Waals surface area contributed by atoms with Gasteiger partial charge in [-0.15, -0.1) is 0 Å². The van der Waals surface area contributed by atoms with Crippen LogP contribution < -0.4 is 10.6 Å². The molecule has 2 N–H and O–H groups in total. The van der Waals surface area contributed by atoms with E-state index in [1.165, 1.54) is 6.07 Å². The number of rotatable bonds is 8. The highest BCUT2D eigenvalue weighted by Gasteiger charge is 2.44. The first-order chi connectivity index (χ1) is 18.8. The molecule has 2 fully saturated rings. The summed E-state index contributed by atoms with van der Waals surface area (Å²) < 4.78 is 70.8. The molecule has 1 aliphatic carbocycles. The van der Waals surface area contributed by atoms with Crippen molar-refractivity contribution in [2.45, 2.75) is 74.8 Å². The van der Waals surface area contributed by atoms with Crippen LogP contribution in [0.3, 0.4) is 0 Å². The second-order valence-electron chi connectivity index (χ2n) is 10.7. The zero-order valence-corrected chi connectivity index (χ0v) is 23.2. The molecule has 40 heavy (non-hydrogen) atoms. The van der Waals surface area contributed by atoms with Gasteiger partial charge in [-0.2, -0.15) is 13.2 Å². The summed E-state index contributed by atoms with van der Waals surface area (Å²) >= 11 is 0. The number of alkyl halides is 3. The van der Waals surface area contributed by atoms with E-state index in [1.807, 2.05) is 13.8 Å². The standard InChI is InChI=1S/C28H34F3N3O5S/c1-18(2)32-22-11-12-24(19(15-22)17-40(37,38)23-9-4-3-5-10-23)34-14-13-25(26(34)35)39-27(36)33-21-8-6-7-20(16-21)28(29,30)31/h3-10,16,18-19,22,24-25,32H,11-15,17H2,1-2H3,(H,33,36)/t19-,22?,24-,25?/m0/s1. The van der Waals surface area contributed by atoms with Crippen LogP contribution in [0.25, 0.3) is 0 Å². The molecule has 0 spiro atoms. The van der Waals surface area contributed by atoms with Crippen molar-refractivity contribution in [3.63, 3.8) is 0 Å². The molecular weight excluding hydrogens is 547 g/mol. The average Bonchev–Trinajstić information content (AvgIpc) is 3.23. The number of sulfone groups is 1. The Morgan fingerprint density at radius 1 is 1.07 bits per heavy atom.